The zero-order valence-corrected chi connectivity index (χ0v) is 27.9. The first-order valence-electron chi connectivity index (χ1n) is 17.0. The summed E-state index contributed by atoms with van der Waals surface area (Å²) in [4.78, 5) is 38.7. The van der Waals surface area contributed by atoms with Gasteiger partial charge in [-0.1, -0.05) is 30.3 Å². The second-order valence-corrected chi connectivity index (χ2v) is 12.8. The maximum absolute atomic E-state index is 14.0. The van der Waals surface area contributed by atoms with Gasteiger partial charge in [-0.3, -0.25) is 9.69 Å². The highest BCUT2D eigenvalue weighted by atomic mass is 19.4. The van der Waals surface area contributed by atoms with E-state index >= 15 is 0 Å². The van der Waals surface area contributed by atoms with Gasteiger partial charge in [0.2, 0.25) is 11.9 Å². The van der Waals surface area contributed by atoms with Crippen molar-refractivity contribution >= 4 is 23.5 Å². The maximum atomic E-state index is 14.0. The number of rotatable bonds is 10. The van der Waals surface area contributed by atoms with Crippen LogP contribution in [0, 0.1) is 0 Å². The molecule has 2 N–H and O–H groups in total. The molecule has 11 nitrogen and oxygen atoms in total. The second-order valence-electron chi connectivity index (χ2n) is 12.8. The van der Waals surface area contributed by atoms with Crippen LogP contribution < -0.4 is 19.9 Å². The predicted octanol–water partition coefficient (Wildman–Crippen LogP) is 6.10. The van der Waals surface area contributed by atoms with E-state index in [0.29, 0.717) is 70.2 Å². The van der Waals surface area contributed by atoms with E-state index in [1.54, 1.807) is 28.4 Å². The Hall–Kier alpha value is -4.85. The van der Waals surface area contributed by atoms with Crippen molar-refractivity contribution in [3.8, 4) is 17.1 Å². The van der Waals surface area contributed by atoms with E-state index in [2.05, 4.69) is 25.3 Å². The Kier molecular flexibility index (Phi) is 11.1. The van der Waals surface area contributed by atoms with Crippen molar-refractivity contribution in [3.63, 3.8) is 0 Å². The molecule has 1 aliphatic carbocycles. The molecule has 264 valence electrons. The first-order chi connectivity index (χ1) is 24.2. The number of anilines is 3. The molecule has 1 amide bonds. The smallest absolute Gasteiger partial charge is 0.421 e. The van der Waals surface area contributed by atoms with Gasteiger partial charge in [-0.15, -0.1) is 0 Å². The van der Waals surface area contributed by atoms with Crippen molar-refractivity contribution in [2.24, 2.45) is 0 Å². The minimum absolute atomic E-state index is 0.0309. The first-order valence-corrected chi connectivity index (χ1v) is 17.0. The number of methoxy groups -OCH3 is 1. The van der Waals surface area contributed by atoms with Gasteiger partial charge in [-0.2, -0.15) is 18.2 Å². The number of benzene rings is 1. The van der Waals surface area contributed by atoms with Crippen LogP contribution in [0.2, 0.25) is 0 Å². The molecule has 1 unspecified atom stereocenters. The number of halogens is 3. The molecule has 0 bridgehead atoms. The molecule has 1 saturated heterocycles. The van der Waals surface area contributed by atoms with Crippen LogP contribution in [0.3, 0.4) is 0 Å². The Labute approximate surface area is 289 Å². The van der Waals surface area contributed by atoms with E-state index in [-0.39, 0.29) is 42.3 Å². The standard InChI is InChI=1S/C36H41F3N8O3/c1-50-35-42-21-26(22-43-35)25-10-15-31(40-20-25)47(32(49)16-9-24-6-3-2-4-7-24)28-13-11-27(12-14-28)44-34-41-23-30(36(37,38)39)33(45-34)46-18-5-8-29(48)17-19-46/h2-4,6-7,10,15,20-23,27-29,48H,5,8-9,11-14,16-19H2,1H3,(H,41,44,45). The average molecular weight is 691 g/mol. The minimum atomic E-state index is -4.61. The van der Waals surface area contributed by atoms with Gasteiger partial charge >= 0.3 is 12.2 Å². The van der Waals surface area contributed by atoms with Gasteiger partial charge < -0.3 is 20.1 Å². The molecule has 4 aromatic rings. The number of aromatic nitrogens is 5. The Morgan fingerprint density at radius 3 is 2.34 bits per heavy atom. The maximum Gasteiger partial charge on any atom is 0.421 e. The summed E-state index contributed by atoms with van der Waals surface area (Å²) in [7, 11) is 1.50. The fraction of sp³-hybridized carbons (Fsp3) is 0.444. The van der Waals surface area contributed by atoms with E-state index in [1.165, 1.54) is 7.11 Å². The third-order valence-corrected chi connectivity index (χ3v) is 9.34. The lowest BCUT2D eigenvalue weighted by Gasteiger charge is -2.37. The number of aliphatic hydroxyl groups excluding tert-OH is 1. The van der Waals surface area contributed by atoms with Gasteiger partial charge in [0.1, 0.15) is 17.2 Å². The number of pyridine rings is 1. The van der Waals surface area contributed by atoms with E-state index < -0.39 is 17.8 Å². The van der Waals surface area contributed by atoms with E-state index in [4.69, 9.17) is 9.72 Å². The summed E-state index contributed by atoms with van der Waals surface area (Å²) in [6.07, 6.45) is 5.73. The zero-order valence-electron chi connectivity index (χ0n) is 27.9. The number of hydrogen-bond donors (Lipinski definition) is 2. The predicted molar refractivity (Wildman–Crippen MR) is 183 cm³/mol. The molecule has 50 heavy (non-hydrogen) atoms. The summed E-state index contributed by atoms with van der Waals surface area (Å²) in [5.74, 6) is 0.494. The number of alkyl halides is 3. The summed E-state index contributed by atoms with van der Waals surface area (Å²) in [5, 5.41) is 13.3. The summed E-state index contributed by atoms with van der Waals surface area (Å²) >= 11 is 0. The van der Waals surface area contributed by atoms with Gasteiger partial charge in [-0.25, -0.2) is 19.9 Å². The zero-order chi connectivity index (χ0) is 35.1. The topological polar surface area (TPSA) is 129 Å². The lowest BCUT2D eigenvalue weighted by molar-refractivity contribution is -0.137. The lowest BCUT2D eigenvalue weighted by Crippen LogP contribution is -2.45. The molecule has 1 aliphatic heterocycles. The van der Waals surface area contributed by atoms with Gasteiger partial charge in [-0.05, 0) is 69.1 Å². The number of carbonyl (C=O) groups is 1. The second kappa shape index (κ2) is 15.8. The minimum Gasteiger partial charge on any atom is -0.467 e. The molecule has 2 aliphatic rings. The van der Waals surface area contributed by atoms with Crippen LogP contribution in [0.4, 0.5) is 30.8 Å². The Balaban J connectivity index is 1.16. The molecule has 1 saturated carbocycles. The Morgan fingerprint density at radius 2 is 1.66 bits per heavy atom. The molecule has 4 heterocycles. The fourth-order valence-electron chi connectivity index (χ4n) is 6.64. The average Bonchev–Trinajstić information content (AvgIpc) is 3.36. The van der Waals surface area contributed by atoms with Crippen LogP contribution in [0.25, 0.3) is 11.1 Å². The van der Waals surface area contributed by atoms with Crippen LogP contribution in [0.5, 0.6) is 6.01 Å². The van der Waals surface area contributed by atoms with E-state index in [0.717, 1.165) is 22.9 Å². The fourth-order valence-corrected chi connectivity index (χ4v) is 6.64. The van der Waals surface area contributed by atoms with Gasteiger partial charge in [0, 0.05) is 67.5 Å². The van der Waals surface area contributed by atoms with Crippen molar-refractivity contribution in [2.45, 2.75) is 82.2 Å². The summed E-state index contributed by atoms with van der Waals surface area (Å²) in [6, 6.07) is 13.6. The van der Waals surface area contributed by atoms with Gasteiger partial charge in [0.15, 0.2) is 0 Å². The molecule has 6 rings (SSSR count). The van der Waals surface area contributed by atoms with Crippen LogP contribution in [-0.2, 0) is 17.4 Å². The Morgan fingerprint density at radius 1 is 0.920 bits per heavy atom. The summed E-state index contributed by atoms with van der Waals surface area (Å²) in [6.45, 7) is 0.654. The van der Waals surface area contributed by atoms with Crippen LogP contribution in [0.1, 0.15) is 62.5 Å². The summed E-state index contributed by atoms with van der Waals surface area (Å²) in [5.41, 5.74) is 1.75. The van der Waals surface area contributed by atoms with Crippen molar-refractivity contribution in [1.82, 2.24) is 24.9 Å². The molecular weight excluding hydrogens is 649 g/mol. The molecule has 1 aromatic carbocycles. The number of nitrogens with zero attached hydrogens (tertiary/aromatic N) is 7. The monoisotopic (exact) mass is 690 g/mol. The first kappa shape index (κ1) is 35.0. The molecule has 1 atom stereocenters. The molecule has 2 fully saturated rings. The van der Waals surface area contributed by atoms with Crippen molar-refractivity contribution in [1.29, 1.82) is 0 Å². The number of amides is 1. The number of aryl methyl sites for hydroxylation is 1. The van der Waals surface area contributed by atoms with Crippen LogP contribution >= 0.6 is 0 Å². The third-order valence-electron chi connectivity index (χ3n) is 9.34. The van der Waals surface area contributed by atoms with Crippen molar-refractivity contribution in [3.05, 3.63) is 78.4 Å². The van der Waals surface area contributed by atoms with E-state index in [1.807, 2.05) is 42.5 Å². The number of nitrogens with one attached hydrogen (secondary N) is 1. The molecule has 3 aromatic heterocycles. The molecule has 14 heteroatoms. The molecule has 0 radical (unpaired) electrons. The normalized spacial score (nSPS) is 19.8. The number of aliphatic hydroxyl groups is 1. The lowest BCUT2D eigenvalue weighted by atomic mass is 9.89. The van der Waals surface area contributed by atoms with Crippen molar-refractivity contribution < 1.29 is 27.8 Å². The van der Waals surface area contributed by atoms with Crippen LogP contribution in [-0.4, -0.2) is 74.3 Å². The SMILES string of the molecule is COc1ncc(-c2ccc(N(C(=O)CCc3ccccc3)C3CCC(Nc4ncc(C(F)(F)F)c(N5CCCC(O)CC5)n4)CC3)nc2)cn1. The highest BCUT2D eigenvalue weighted by Gasteiger charge is 2.38. The van der Waals surface area contributed by atoms with Gasteiger partial charge in [0.05, 0.1) is 13.2 Å². The Bertz CT molecular complexity index is 1700. The highest BCUT2D eigenvalue weighted by molar-refractivity contribution is 5.93. The van der Waals surface area contributed by atoms with Crippen LogP contribution in [0.15, 0.2) is 67.3 Å². The van der Waals surface area contributed by atoms with E-state index in [9.17, 15) is 23.1 Å². The summed E-state index contributed by atoms with van der Waals surface area (Å²) < 4.78 is 46.9. The highest BCUT2D eigenvalue weighted by Crippen LogP contribution is 2.37. The molecule has 0 spiro atoms. The largest absolute Gasteiger partial charge is 0.467 e. The number of ether oxygens (including phenoxy) is 1. The third kappa shape index (κ3) is 8.65. The number of hydrogen-bond acceptors (Lipinski definition) is 10. The van der Waals surface area contributed by atoms with Gasteiger partial charge in [0.25, 0.3) is 0 Å². The number of carbonyl (C=O) groups excluding carboxylic acids is 1. The van der Waals surface area contributed by atoms with Crippen molar-refractivity contribution in [2.75, 3.05) is 35.3 Å². The quantitative estimate of drug-likeness (QED) is 0.202. The molecular formula is C36H41F3N8O3.